The molecule has 0 radical (unpaired) electrons. The highest BCUT2D eigenvalue weighted by Crippen LogP contribution is 2.25. The molecule has 0 spiro atoms. The molecule has 2 N–H and O–H groups in total. The van der Waals surface area contributed by atoms with E-state index in [0.29, 0.717) is 0 Å². The first-order valence-electron chi connectivity index (χ1n) is 6.02. The molecule has 0 atom stereocenters. The molecule has 1 aromatic carbocycles. The van der Waals surface area contributed by atoms with Gasteiger partial charge >= 0.3 is 0 Å². The van der Waals surface area contributed by atoms with Crippen LogP contribution in [0.4, 0.5) is 11.4 Å². The highest BCUT2D eigenvalue weighted by atomic mass is 16.6. The fraction of sp³-hybridized carbons (Fsp3) is 0.462. The first kappa shape index (κ1) is 14.9. The molecular formula is C13H19N3O3. The molecule has 0 aromatic heterocycles. The standard InChI is InChI=1S/C13H19N3O3/c1-5-13(2,3)15(4)12(17)9-6-7-10(14)11(8-9)16(18)19/h6-8H,5,14H2,1-4H3. The van der Waals surface area contributed by atoms with Crippen molar-refractivity contribution in [3.05, 3.63) is 33.9 Å². The van der Waals surface area contributed by atoms with Crippen LogP contribution in [0.5, 0.6) is 0 Å². The summed E-state index contributed by atoms with van der Waals surface area (Å²) in [7, 11) is 1.69. The summed E-state index contributed by atoms with van der Waals surface area (Å²) in [6.45, 7) is 5.86. The molecule has 1 amide bonds. The third-order valence-corrected chi connectivity index (χ3v) is 3.55. The van der Waals surface area contributed by atoms with Gasteiger partial charge in [0, 0.05) is 24.2 Å². The van der Waals surface area contributed by atoms with Gasteiger partial charge in [-0.15, -0.1) is 0 Å². The molecular weight excluding hydrogens is 246 g/mol. The van der Waals surface area contributed by atoms with Crippen molar-refractivity contribution in [1.82, 2.24) is 4.90 Å². The zero-order valence-corrected chi connectivity index (χ0v) is 11.6. The van der Waals surface area contributed by atoms with Gasteiger partial charge in [0.1, 0.15) is 5.69 Å². The van der Waals surface area contributed by atoms with Gasteiger partial charge in [0.05, 0.1) is 4.92 Å². The predicted molar refractivity (Wildman–Crippen MR) is 74.0 cm³/mol. The maximum Gasteiger partial charge on any atom is 0.292 e. The normalized spacial score (nSPS) is 11.2. The van der Waals surface area contributed by atoms with Gasteiger partial charge < -0.3 is 10.6 Å². The zero-order valence-electron chi connectivity index (χ0n) is 11.6. The van der Waals surface area contributed by atoms with Crippen molar-refractivity contribution in [1.29, 1.82) is 0 Å². The highest BCUT2D eigenvalue weighted by molar-refractivity contribution is 5.95. The van der Waals surface area contributed by atoms with Gasteiger partial charge in [-0.25, -0.2) is 0 Å². The van der Waals surface area contributed by atoms with Gasteiger partial charge in [-0.05, 0) is 32.4 Å². The van der Waals surface area contributed by atoms with Gasteiger partial charge in [0.2, 0.25) is 0 Å². The van der Waals surface area contributed by atoms with Crippen LogP contribution >= 0.6 is 0 Å². The molecule has 0 aliphatic carbocycles. The second-order valence-electron chi connectivity index (χ2n) is 5.06. The maximum absolute atomic E-state index is 12.3. The van der Waals surface area contributed by atoms with E-state index in [1.807, 2.05) is 20.8 Å². The Morgan fingerprint density at radius 3 is 2.53 bits per heavy atom. The summed E-state index contributed by atoms with van der Waals surface area (Å²) in [6, 6.07) is 4.12. The summed E-state index contributed by atoms with van der Waals surface area (Å²) in [5, 5.41) is 10.8. The van der Waals surface area contributed by atoms with E-state index in [2.05, 4.69) is 0 Å². The molecule has 0 bridgehead atoms. The van der Waals surface area contributed by atoms with E-state index in [0.717, 1.165) is 6.42 Å². The van der Waals surface area contributed by atoms with E-state index >= 15 is 0 Å². The van der Waals surface area contributed by atoms with Gasteiger partial charge in [-0.2, -0.15) is 0 Å². The number of nitro benzene ring substituents is 1. The molecule has 104 valence electrons. The molecule has 1 aromatic rings. The number of rotatable bonds is 4. The quantitative estimate of drug-likeness (QED) is 0.514. The topological polar surface area (TPSA) is 89.5 Å². The lowest BCUT2D eigenvalue weighted by molar-refractivity contribution is -0.383. The summed E-state index contributed by atoms with van der Waals surface area (Å²) in [4.78, 5) is 24.1. The fourth-order valence-electron chi connectivity index (χ4n) is 1.54. The third kappa shape index (κ3) is 3.01. The maximum atomic E-state index is 12.3. The van der Waals surface area contributed by atoms with Crippen molar-refractivity contribution < 1.29 is 9.72 Å². The van der Waals surface area contributed by atoms with Crippen LogP contribution in [0.15, 0.2) is 18.2 Å². The molecule has 0 fully saturated rings. The Labute approximate surface area is 112 Å². The van der Waals surface area contributed by atoms with Crippen LogP contribution in [-0.4, -0.2) is 28.3 Å². The fourth-order valence-corrected chi connectivity index (χ4v) is 1.54. The smallest absolute Gasteiger partial charge is 0.292 e. The number of nitrogen functional groups attached to an aromatic ring is 1. The number of nitrogens with zero attached hydrogens (tertiary/aromatic N) is 2. The van der Waals surface area contributed by atoms with Crippen LogP contribution in [0.2, 0.25) is 0 Å². The number of nitrogens with two attached hydrogens (primary N) is 1. The summed E-state index contributed by atoms with van der Waals surface area (Å²) < 4.78 is 0. The van der Waals surface area contributed by atoms with E-state index in [1.165, 1.54) is 18.2 Å². The van der Waals surface area contributed by atoms with E-state index < -0.39 is 4.92 Å². The Balaban J connectivity index is 3.14. The molecule has 0 aliphatic heterocycles. The summed E-state index contributed by atoms with van der Waals surface area (Å²) in [5.41, 5.74) is 5.28. The summed E-state index contributed by atoms with van der Waals surface area (Å²) in [6.07, 6.45) is 0.784. The SMILES string of the molecule is CCC(C)(C)N(C)C(=O)c1ccc(N)c([N+](=O)[O-])c1. The van der Waals surface area contributed by atoms with Gasteiger partial charge in [0.25, 0.3) is 11.6 Å². The summed E-state index contributed by atoms with van der Waals surface area (Å²) in [5.74, 6) is -0.255. The number of amides is 1. The Bertz CT molecular complexity index is 512. The van der Waals surface area contributed by atoms with Crippen LogP contribution in [0.1, 0.15) is 37.6 Å². The Morgan fingerprint density at radius 2 is 2.05 bits per heavy atom. The van der Waals surface area contributed by atoms with Crippen molar-refractivity contribution in [3.63, 3.8) is 0 Å². The summed E-state index contributed by atoms with van der Waals surface area (Å²) >= 11 is 0. The number of hydrogen-bond acceptors (Lipinski definition) is 4. The van der Waals surface area contributed by atoms with E-state index in [-0.39, 0.29) is 28.4 Å². The Kier molecular flexibility index (Phi) is 4.14. The lowest BCUT2D eigenvalue weighted by Gasteiger charge is -2.34. The van der Waals surface area contributed by atoms with Gasteiger partial charge in [-0.1, -0.05) is 6.92 Å². The lowest BCUT2D eigenvalue weighted by Crippen LogP contribution is -2.44. The Hall–Kier alpha value is -2.11. The molecule has 6 nitrogen and oxygen atoms in total. The molecule has 0 saturated carbocycles. The first-order chi connectivity index (χ1) is 8.70. The van der Waals surface area contributed by atoms with Crippen molar-refractivity contribution >= 4 is 17.3 Å². The molecule has 0 unspecified atom stereocenters. The number of carbonyl (C=O) groups is 1. The molecule has 0 aliphatic rings. The number of benzene rings is 1. The van der Waals surface area contributed by atoms with Crippen LogP contribution in [0.3, 0.4) is 0 Å². The van der Waals surface area contributed by atoms with Crippen LogP contribution in [0, 0.1) is 10.1 Å². The first-order valence-corrected chi connectivity index (χ1v) is 6.02. The molecule has 19 heavy (non-hydrogen) atoms. The minimum atomic E-state index is -0.586. The van der Waals surface area contributed by atoms with Gasteiger partial charge in [-0.3, -0.25) is 14.9 Å². The highest BCUT2D eigenvalue weighted by Gasteiger charge is 2.27. The Morgan fingerprint density at radius 1 is 1.47 bits per heavy atom. The number of carbonyl (C=O) groups excluding carboxylic acids is 1. The monoisotopic (exact) mass is 265 g/mol. The molecule has 0 heterocycles. The molecule has 1 rings (SSSR count). The number of nitro groups is 1. The third-order valence-electron chi connectivity index (χ3n) is 3.55. The lowest BCUT2D eigenvalue weighted by atomic mass is 9.98. The molecule has 6 heteroatoms. The second-order valence-corrected chi connectivity index (χ2v) is 5.06. The van der Waals surface area contributed by atoms with Crippen molar-refractivity contribution in [2.45, 2.75) is 32.7 Å². The van der Waals surface area contributed by atoms with E-state index in [9.17, 15) is 14.9 Å². The van der Waals surface area contributed by atoms with Crippen LogP contribution in [-0.2, 0) is 0 Å². The minimum absolute atomic E-state index is 0.0546. The zero-order chi connectivity index (χ0) is 14.8. The number of anilines is 1. The van der Waals surface area contributed by atoms with E-state index in [1.54, 1.807) is 11.9 Å². The van der Waals surface area contributed by atoms with Crippen molar-refractivity contribution in [2.75, 3.05) is 12.8 Å². The van der Waals surface area contributed by atoms with Crippen molar-refractivity contribution in [2.24, 2.45) is 0 Å². The largest absolute Gasteiger partial charge is 0.393 e. The number of hydrogen-bond donors (Lipinski definition) is 1. The second kappa shape index (κ2) is 5.26. The van der Waals surface area contributed by atoms with Crippen LogP contribution < -0.4 is 5.73 Å². The minimum Gasteiger partial charge on any atom is -0.393 e. The van der Waals surface area contributed by atoms with Gasteiger partial charge in [0.15, 0.2) is 0 Å². The predicted octanol–water partition coefficient (Wildman–Crippen LogP) is 2.44. The average Bonchev–Trinajstić information content (AvgIpc) is 2.37. The van der Waals surface area contributed by atoms with Crippen LogP contribution in [0.25, 0.3) is 0 Å². The average molecular weight is 265 g/mol. The molecule has 0 saturated heterocycles. The van der Waals surface area contributed by atoms with Crippen molar-refractivity contribution in [3.8, 4) is 0 Å². The van der Waals surface area contributed by atoms with E-state index in [4.69, 9.17) is 5.73 Å².